The minimum Gasteiger partial charge on any atom is -0.0810 e. The molecule has 1 aliphatic carbocycles. The van der Waals surface area contributed by atoms with Crippen LogP contribution in [0.4, 0.5) is 0 Å². The largest absolute Gasteiger partial charge is 0.0810 e. The van der Waals surface area contributed by atoms with Gasteiger partial charge in [-0.1, -0.05) is 74.7 Å². The fraction of sp³-hybridized carbons (Fsp3) is 0.158. The van der Waals surface area contributed by atoms with Gasteiger partial charge in [0.25, 0.3) is 0 Å². The molecule has 0 fully saturated rings. The fourth-order valence-corrected chi connectivity index (χ4v) is 3.76. The average Bonchev–Trinajstić information content (AvgIpc) is 2.72. The Hall–Kier alpha value is -1.65. The van der Waals surface area contributed by atoms with E-state index in [1.807, 2.05) is 0 Å². The second-order valence-corrected chi connectivity index (χ2v) is 7.53. The van der Waals surface area contributed by atoms with Crippen molar-refractivity contribution in [2.45, 2.75) is 6.42 Å². The number of hydrogen-bond donors (Lipinski definition) is 0. The van der Waals surface area contributed by atoms with Gasteiger partial charge in [-0.2, -0.15) is 0 Å². The van der Waals surface area contributed by atoms with E-state index in [1.54, 1.807) is 0 Å². The Morgan fingerprint density at radius 1 is 0.900 bits per heavy atom. The average molecular weight is 278 g/mol. The zero-order valence-electron chi connectivity index (χ0n) is 12.0. The van der Waals surface area contributed by atoms with Crippen LogP contribution in [0.2, 0.25) is 0 Å². The lowest BCUT2D eigenvalue weighted by molar-refractivity contribution is 1.46. The lowest BCUT2D eigenvalue weighted by Crippen LogP contribution is -2.38. The van der Waals surface area contributed by atoms with Crippen LogP contribution in [0, 0.1) is 0 Å². The van der Waals surface area contributed by atoms with Gasteiger partial charge in [-0.05, 0) is 46.6 Å². The normalized spacial score (nSPS) is 13.3. The summed E-state index contributed by atoms with van der Waals surface area (Å²) in [6.07, 6.45) is 10.1. The maximum absolute atomic E-state index is 2.36. The van der Waals surface area contributed by atoms with E-state index in [1.165, 1.54) is 26.9 Å². The van der Waals surface area contributed by atoms with Crippen LogP contribution < -0.4 is 15.7 Å². The standard InChI is InChI=1S/C19H19P/c1-20(2)19-14-13-16(15-9-5-3-6-10-15)17-11-7-4-8-12-18(17)19/h3-6,8-14H,7H2,1-2H3. The Bertz CT molecular complexity index is 752. The lowest BCUT2D eigenvalue weighted by atomic mass is 10.0. The highest BCUT2D eigenvalue weighted by atomic mass is 31.1. The molecule has 0 radical (unpaired) electrons. The molecule has 0 nitrogen and oxygen atoms in total. The number of rotatable bonds is 2. The summed E-state index contributed by atoms with van der Waals surface area (Å²) in [7, 11) is -0.0885. The van der Waals surface area contributed by atoms with Crippen LogP contribution in [0.3, 0.4) is 0 Å². The van der Waals surface area contributed by atoms with Crippen molar-refractivity contribution in [3.8, 4) is 11.1 Å². The van der Waals surface area contributed by atoms with E-state index >= 15 is 0 Å². The first-order chi connectivity index (χ1) is 9.77. The van der Waals surface area contributed by atoms with Crippen LogP contribution >= 0.6 is 7.92 Å². The molecule has 0 unspecified atom stereocenters. The number of fused-ring (bicyclic) bond motifs is 1. The monoisotopic (exact) mass is 278 g/mol. The van der Waals surface area contributed by atoms with Gasteiger partial charge in [0, 0.05) is 0 Å². The van der Waals surface area contributed by atoms with Gasteiger partial charge in [-0.3, -0.25) is 0 Å². The molecule has 1 aliphatic rings. The van der Waals surface area contributed by atoms with Crippen molar-refractivity contribution in [2.24, 2.45) is 0 Å². The van der Waals surface area contributed by atoms with Gasteiger partial charge < -0.3 is 0 Å². The number of allylic oxidation sites excluding steroid dienone is 2. The van der Waals surface area contributed by atoms with E-state index in [-0.39, 0.29) is 7.92 Å². The van der Waals surface area contributed by atoms with Crippen molar-refractivity contribution in [3.63, 3.8) is 0 Å². The molecule has 0 spiro atoms. The van der Waals surface area contributed by atoms with Crippen LogP contribution in [0.25, 0.3) is 23.3 Å². The van der Waals surface area contributed by atoms with Crippen LogP contribution in [0.15, 0.2) is 54.6 Å². The maximum atomic E-state index is 2.36. The van der Waals surface area contributed by atoms with Crippen molar-refractivity contribution < 1.29 is 0 Å². The maximum Gasteiger partial charge on any atom is -0.0104 e. The quantitative estimate of drug-likeness (QED) is 0.740. The SMILES string of the molecule is CP(C)c1ccc(-c2ccccc2)c2c1=CC=CCC=2. The van der Waals surface area contributed by atoms with Gasteiger partial charge in [-0.15, -0.1) is 0 Å². The third-order valence-electron chi connectivity index (χ3n) is 3.69. The minimum atomic E-state index is -0.0885. The Morgan fingerprint density at radius 2 is 1.70 bits per heavy atom. The zero-order chi connectivity index (χ0) is 13.9. The molecule has 100 valence electrons. The number of hydrogen-bond acceptors (Lipinski definition) is 0. The van der Waals surface area contributed by atoms with Crippen molar-refractivity contribution in [2.75, 3.05) is 13.3 Å². The molecule has 2 aromatic rings. The van der Waals surface area contributed by atoms with Gasteiger partial charge in [0.15, 0.2) is 0 Å². The summed E-state index contributed by atoms with van der Waals surface area (Å²) >= 11 is 0. The molecule has 0 amide bonds. The van der Waals surface area contributed by atoms with Crippen LogP contribution in [0.5, 0.6) is 0 Å². The molecular weight excluding hydrogens is 259 g/mol. The molecule has 0 heterocycles. The second-order valence-electron chi connectivity index (χ2n) is 5.25. The topological polar surface area (TPSA) is 0 Å². The number of benzene rings is 2. The molecule has 0 aliphatic heterocycles. The molecule has 0 atom stereocenters. The summed E-state index contributed by atoms with van der Waals surface area (Å²) < 4.78 is 0. The molecule has 2 aromatic carbocycles. The summed E-state index contributed by atoms with van der Waals surface area (Å²) in [5, 5.41) is 4.31. The summed E-state index contributed by atoms with van der Waals surface area (Å²) in [5.41, 5.74) is 2.65. The third kappa shape index (κ3) is 2.49. The Balaban J connectivity index is 2.34. The molecule has 1 heteroatoms. The first kappa shape index (κ1) is 13.3. The van der Waals surface area contributed by atoms with Gasteiger partial charge in [-0.25, -0.2) is 0 Å². The lowest BCUT2D eigenvalue weighted by Gasteiger charge is -2.11. The molecule has 20 heavy (non-hydrogen) atoms. The highest BCUT2D eigenvalue weighted by Gasteiger charge is 2.07. The molecular formula is C19H19P. The van der Waals surface area contributed by atoms with Crippen molar-refractivity contribution >= 4 is 25.4 Å². The molecule has 0 saturated heterocycles. The van der Waals surface area contributed by atoms with Crippen LogP contribution in [-0.4, -0.2) is 13.3 Å². The van der Waals surface area contributed by atoms with E-state index in [0.717, 1.165) is 6.42 Å². The van der Waals surface area contributed by atoms with E-state index in [9.17, 15) is 0 Å². The molecule has 3 rings (SSSR count). The molecule has 0 N–H and O–H groups in total. The smallest absolute Gasteiger partial charge is 0.0104 e. The van der Waals surface area contributed by atoms with E-state index in [0.29, 0.717) is 0 Å². The molecule has 0 aromatic heterocycles. The van der Waals surface area contributed by atoms with E-state index in [2.05, 4.69) is 80.1 Å². The van der Waals surface area contributed by atoms with E-state index in [4.69, 9.17) is 0 Å². The summed E-state index contributed by atoms with van der Waals surface area (Å²) in [6, 6.07) is 15.3. The third-order valence-corrected chi connectivity index (χ3v) is 5.04. The highest BCUT2D eigenvalue weighted by Crippen LogP contribution is 2.22. The van der Waals surface area contributed by atoms with Crippen molar-refractivity contribution in [1.82, 2.24) is 0 Å². The Labute approximate surface area is 121 Å². The van der Waals surface area contributed by atoms with Gasteiger partial charge in [0.2, 0.25) is 0 Å². The van der Waals surface area contributed by atoms with Crippen LogP contribution in [0.1, 0.15) is 6.42 Å². The fourth-order valence-electron chi connectivity index (χ4n) is 2.71. The van der Waals surface area contributed by atoms with E-state index < -0.39 is 0 Å². The first-order valence-corrected chi connectivity index (χ1v) is 9.24. The Morgan fingerprint density at radius 3 is 2.45 bits per heavy atom. The van der Waals surface area contributed by atoms with Crippen molar-refractivity contribution in [3.05, 3.63) is 65.1 Å². The molecule has 0 bridgehead atoms. The van der Waals surface area contributed by atoms with Gasteiger partial charge >= 0.3 is 0 Å². The van der Waals surface area contributed by atoms with Crippen LogP contribution in [-0.2, 0) is 0 Å². The van der Waals surface area contributed by atoms with Gasteiger partial charge in [0.05, 0.1) is 0 Å². The van der Waals surface area contributed by atoms with Gasteiger partial charge in [0.1, 0.15) is 0 Å². The highest BCUT2D eigenvalue weighted by molar-refractivity contribution is 7.64. The summed E-state index contributed by atoms with van der Waals surface area (Å²) in [4.78, 5) is 0. The summed E-state index contributed by atoms with van der Waals surface area (Å²) in [6.45, 7) is 4.66. The first-order valence-electron chi connectivity index (χ1n) is 7.00. The zero-order valence-corrected chi connectivity index (χ0v) is 12.9. The summed E-state index contributed by atoms with van der Waals surface area (Å²) in [5.74, 6) is 0. The second kappa shape index (κ2) is 5.77. The van der Waals surface area contributed by atoms with Crippen molar-refractivity contribution in [1.29, 1.82) is 0 Å². The predicted octanol–water partition coefficient (Wildman–Crippen LogP) is 3.24. The minimum absolute atomic E-state index is 0.0885. The predicted molar refractivity (Wildman–Crippen MR) is 92.2 cm³/mol. The Kier molecular flexibility index (Phi) is 3.85. The molecule has 0 saturated carbocycles.